The van der Waals surface area contributed by atoms with Gasteiger partial charge in [0.05, 0.1) is 5.56 Å². The van der Waals surface area contributed by atoms with Crippen LogP contribution in [0.3, 0.4) is 0 Å². The van der Waals surface area contributed by atoms with Crippen molar-refractivity contribution in [3.8, 4) is 0 Å². The van der Waals surface area contributed by atoms with E-state index in [0.717, 1.165) is 12.1 Å². The molecule has 0 heterocycles. The van der Waals surface area contributed by atoms with Gasteiger partial charge in [-0.05, 0) is 31.0 Å². The minimum absolute atomic E-state index is 0.00264. The maximum Gasteiger partial charge on any atom is 0.416 e. The van der Waals surface area contributed by atoms with Gasteiger partial charge in [-0.3, -0.25) is 4.79 Å². The Morgan fingerprint density at radius 3 is 2.63 bits per heavy atom. The number of carbonyl (C=O) groups is 1. The summed E-state index contributed by atoms with van der Waals surface area (Å²) in [6.07, 6.45) is -3.18. The summed E-state index contributed by atoms with van der Waals surface area (Å²) in [7, 11) is 0. The molecule has 1 atom stereocenters. The highest BCUT2D eigenvalue weighted by atomic mass is 35.5. The van der Waals surface area contributed by atoms with Gasteiger partial charge in [0.15, 0.2) is 0 Å². The van der Waals surface area contributed by atoms with E-state index in [1.807, 2.05) is 6.92 Å². The fraction of sp³-hybridized carbons (Fsp3) is 0.462. The predicted molar refractivity (Wildman–Crippen MR) is 68.3 cm³/mol. The molecule has 0 bridgehead atoms. The molecule has 1 N–H and O–H groups in total. The second-order valence-electron chi connectivity index (χ2n) is 4.13. The van der Waals surface area contributed by atoms with Crippen LogP contribution in [0.4, 0.5) is 13.2 Å². The van der Waals surface area contributed by atoms with Crippen molar-refractivity contribution < 1.29 is 18.0 Å². The molecule has 0 radical (unpaired) electrons. The molecule has 1 unspecified atom stereocenters. The Hall–Kier alpha value is -1.23. The quantitative estimate of drug-likeness (QED) is 0.821. The number of alkyl halides is 4. The lowest BCUT2D eigenvalue weighted by molar-refractivity contribution is -0.137. The first-order valence-electron chi connectivity index (χ1n) is 5.92. The summed E-state index contributed by atoms with van der Waals surface area (Å²) in [5.41, 5.74) is -0.826. The van der Waals surface area contributed by atoms with E-state index >= 15 is 0 Å². The molecular formula is C13H15ClF3NO. The van der Waals surface area contributed by atoms with Crippen LogP contribution in [0.5, 0.6) is 0 Å². The number of hydrogen-bond acceptors (Lipinski definition) is 1. The third-order valence-electron chi connectivity index (χ3n) is 2.74. The smallest absolute Gasteiger partial charge is 0.349 e. The largest absolute Gasteiger partial charge is 0.416 e. The van der Waals surface area contributed by atoms with Gasteiger partial charge in [-0.1, -0.05) is 13.0 Å². The van der Waals surface area contributed by atoms with Crippen molar-refractivity contribution in [2.45, 2.75) is 32.0 Å². The topological polar surface area (TPSA) is 29.1 Å². The number of nitrogens with one attached hydrogen (secondary N) is 1. The van der Waals surface area contributed by atoms with Gasteiger partial charge in [0.2, 0.25) is 0 Å². The molecule has 0 saturated heterocycles. The average molecular weight is 294 g/mol. The SMILES string of the molecule is CCC(CCCl)NC(=O)c1cccc(C(F)(F)F)c1. The number of hydrogen-bond donors (Lipinski definition) is 1. The summed E-state index contributed by atoms with van der Waals surface area (Å²) in [6.45, 7) is 1.88. The molecule has 0 spiro atoms. The van der Waals surface area contributed by atoms with Gasteiger partial charge in [-0.15, -0.1) is 11.6 Å². The first kappa shape index (κ1) is 15.8. The lowest BCUT2D eigenvalue weighted by Gasteiger charge is -2.16. The van der Waals surface area contributed by atoms with Crippen LogP contribution < -0.4 is 5.32 Å². The van der Waals surface area contributed by atoms with E-state index in [4.69, 9.17) is 11.6 Å². The van der Waals surface area contributed by atoms with Gasteiger partial charge < -0.3 is 5.32 Å². The Morgan fingerprint density at radius 2 is 2.11 bits per heavy atom. The van der Waals surface area contributed by atoms with Gasteiger partial charge >= 0.3 is 6.18 Å². The van der Waals surface area contributed by atoms with E-state index in [1.165, 1.54) is 12.1 Å². The highest BCUT2D eigenvalue weighted by Crippen LogP contribution is 2.29. The van der Waals surface area contributed by atoms with Crippen LogP contribution in [0.1, 0.15) is 35.7 Å². The zero-order chi connectivity index (χ0) is 14.5. The third kappa shape index (κ3) is 4.74. The molecule has 19 heavy (non-hydrogen) atoms. The molecule has 1 aromatic rings. The van der Waals surface area contributed by atoms with Gasteiger partial charge in [0, 0.05) is 17.5 Å². The third-order valence-corrected chi connectivity index (χ3v) is 2.96. The number of rotatable bonds is 5. The Kier molecular flexibility index (Phi) is 5.66. The second kappa shape index (κ2) is 6.80. The zero-order valence-corrected chi connectivity index (χ0v) is 11.2. The van der Waals surface area contributed by atoms with Crippen molar-refractivity contribution in [3.63, 3.8) is 0 Å². The molecule has 0 aliphatic carbocycles. The number of amides is 1. The standard InChI is InChI=1S/C13H15ClF3NO/c1-2-11(6-7-14)18-12(19)9-4-3-5-10(8-9)13(15,16)17/h3-5,8,11H,2,6-7H2,1H3,(H,18,19). The predicted octanol–water partition coefficient (Wildman–Crippen LogP) is 3.84. The van der Waals surface area contributed by atoms with E-state index in [1.54, 1.807) is 0 Å². The lowest BCUT2D eigenvalue weighted by Crippen LogP contribution is -2.34. The van der Waals surface area contributed by atoms with Crippen LogP contribution in [0.2, 0.25) is 0 Å². The molecule has 6 heteroatoms. The van der Waals surface area contributed by atoms with E-state index in [0.29, 0.717) is 18.7 Å². The summed E-state index contributed by atoms with van der Waals surface area (Å²) < 4.78 is 37.6. The Labute approximate surface area is 114 Å². The van der Waals surface area contributed by atoms with Crippen LogP contribution in [-0.2, 0) is 6.18 Å². The van der Waals surface area contributed by atoms with Crippen molar-refractivity contribution in [2.75, 3.05) is 5.88 Å². The van der Waals surface area contributed by atoms with E-state index < -0.39 is 17.6 Å². The first-order chi connectivity index (χ1) is 8.88. The molecule has 1 aromatic carbocycles. The molecule has 0 fully saturated rings. The maximum atomic E-state index is 12.5. The molecule has 0 aromatic heterocycles. The van der Waals surface area contributed by atoms with Crippen molar-refractivity contribution in [3.05, 3.63) is 35.4 Å². The molecule has 0 saturated carbocycles. The summed E-state index contributed by atoms with van der Waals surface area (Å²) in [4.78, 5) is 11.8. The number of halogens is 4. The molecule has 0 aliphatic rings. The van der Waals surface area contributed by atoms with Crippen molar-refractivity contribution >= 4 is 17.5 Å². The van der Waals surface area contributed by atoms with E-state index in [2.05, 4.69) is 5.32 Å². The van der Waals surface area contributed by atoms with Crippen molar-refractivity contribution in [2.24, 2.45) is 0 Å². The van der Waals surface area contributed by atoms with E-state index in [-0.39, 0.29) is 11.6 Å². The summed E-state index contributed by atoms with van der Waals surface area (Å²) in [6, 6.07) is 4.24. The minimum Gasteiger partial charge on any atom is -0.349 e. The molecule has 106 valence electrons. The van der Waals surface area contributed by atoms with Gasteiger partial charge in [-0.2, -0.15) is 13.2 Å². The molecule has 0 aliphatic heterocycles. The fourth-order valence-corrected chi connectivity index (χ4v) is 1.88. The van der Waals surface area contributed by atoms with E-state index in [9.17, 15) is 18.0 Å². The number of carbonyl (C=O) groups excluding carboxylic acids is 1. The van der Waals surface area contributed by atoms with Gasteiger partial charge in [0.25, 0.3) is 5.91 Å². The van der Waals surface area contributed by atoms with Crippen LogP contribution in [0, 0.1) is 0 Å². The first-order valence-corrected chi connectivity index (χ1v) is 6.46. The molecule has 1 rings (SSSR count). The normalized spacial score (nSPS) is 13.1. The van der Waals surface area contributed by atoms with Crippen LogP contribution in [-0.4, -0.2) is 17.8 Å². The summed E-state index contributed by atoms with van der Waals surface area (Å²) >= 11 is 5.59. The van der Waals surface area contributed by atoms with Gasteiger partial charge in [-0.25, -0.2) is 0 Å². The van der Waals surface area contributed by atoms with Crippen LogP contribution >= 0.6 is 11.6 Å². The number of benzene rings is 1. The Balaban J connectivity index is 2.82. The lowest BCUT2D eigenvalue weighted by atomic mass is 10.1. The van der Waals surface area contributed by atoms with Gasteiger partial charge in [0.1, 0.15) is 0 Å². The second-order valence-corrected chi connectivity index (χ2v) is 4.51. The zero-order valence-electron chi connectivity index (χ0n) is 10.4. The Morgan fingerprint density at radius 1 is 1.42 bits per heavy atom. The van der Waals surface area contributed by atoms with Crippen LogP contribution in [0.15, 0.2) is 24.3 Å². The van der Waals surface area contributed by atoms with Crippen molar-refractivity contribution in [1.29, 1.82) is 0 Å². The monoisotopic (exact) mass is 293 g/mol. The average Bonchev–Trinajstić information content (AvgIpc) is 2.37. The van der Waals surface area contributed by atoms with Crippen LogP contribution in [0.25, 0.3) is 0 Å². The maximum absolute atomic E-state index is 12.5. The Bertz CT molecular complexity index is 434. The molecular weight excluding hydrogens is 279 g/mol. The van der Waals surface area contributed by atoms with Crippen molar-refractivity contribution in [1.82, 2.24) is 5.32 Å². The highest BCUT2D eigenvalue weighted by molar-refractivity contribution is 6.17. The summed E-state index contributed by atoms with van der Waals surface area (Å²) in [5, 5.41) is 2.67. The minimum atomic E-state index is -4.45. The fourth-order valence-electron chi connectivity index (χ4n) is 1.62. The summed E-state index contributed by atoms with van der Waals surface area (Å²) in [5.74, 6) is -0.121. The molecule has 1 amide bonds. The molecule has 2 nitrogen and oxygen atoms in total. The highest BCUT2D eigenvalue weighted by Gasteiger charge is 2.30.